The SMILES string of the molecule is O=C1NC(=O)c2ccc3c4ccc5c6c(ccc(c7ccc1c2c73)c64)C(=O)N(c1ccccc1)C5O. The molecule has 2 heterocycles. The summed E-state index contributed by atoms with van der Waals surface area (Å²) in [5.41, 5.74) is 2.77. The summed E-state index contributed by atoms with van der Waals surface area (Å²) in [6.45, 7) is 0. The van der Waals surface area contributed by atoms with Crippen LogP contribution >= 0.6 is 0 Å². The van der Waals surface area contributed by atoms with Gasteiger partial charge < -0.3 is 5.11 Å². The maximum Gasteiger partial charge on any atom is 0.261 e. The monoisotopic (exact) mass is 468 g/mol. The number of fused-ring (bicyclic) bond motifs is 2. The van der Waals surface area contributed by atoms with Gasteiger partial charge in [-0.25, -0.2) is 0 Å². The van der Waals surface area contributed by atoms with Crippen LogP contribution in [0.2, 0.25) is 0 Å². The van der Waals surface area contributed by atoms with Gasteiger partial charge in [0.2, 0.25) is 0 Å². The van der Waals surface area contributed by atoms with Crippen molar-refractivity contribution in [2.75, 3.05) is 4.90 Å². The molecule has 2 aliphatic rings. The lowest BCUT2D eigenvalue weighted by molar-refractivity contribution is 0.0840. The van der Waals surface area contributed by atoms with E-state index < -0.39 is 18.0 Å². The summed E-state index contributed by atoms with van der Waals surface area (Å²) in [4.78, 5) is 40.3. The van der Waals surface area contributed by atoms with Gasteiger partial charge in [-0.15, -0.1) is 0 Å². The van der Waals surface area contributed by atoms with Gasteiger partial charge in [-0.3, -0.25) is 24.6 Å². The maximum atomic E-state index is 13.7. The van der Waals surface area contributed by atoms with Crippen LogP contribution in [0.1, 0.15) is 42.9 Å². The minimum atomic E-state index is -1.13. The number of anilines is 1. The number of nitrogens with one attached hydrogen (secondary N) is 1. The molecule has 6 heteroatoms. The number of para-hydroxylation sites is 1. The van der Waals surface area contributed by atoms with E-state index >= 15 is 0 Å². The number of nitrogens with zero attached hydrogens (tertiary/aromatic N) is 1. The molecule has 0 fully saturated rings. The normalized spacial score (nSPS) is 17.1. The predicted octanol–water partition coefficient (Wildman–Crippen LogP) is 5.27. The number of imide groups is 1. The highest BCUT2D eigenvalue weighted by Crippen LogP contribution is 2.47. The van der Waals surface area contributed by atoms with E-state index in [-0.39, 0.29) is 5.91 Å². The van der Waals surface area contributed by atoms with Gasteiger partial charge in [-0.2, -0.15) is 0 Å². The number of aliphatic hydroxyl groups excluding tert-OH is 1. The number of benzene rings is 6. The van der Waals surface area contributed by atoms with E-state index in [0.717, 1.165) is 37.7 Å². The number of carbonyl (C=O) groups is 3. The Bertz CT molecular complexity index is 1930. The second-order valence-electron chi connectivity index (χ2n) is 9.35. The smallest absolute Gasteiger partial charge is 0.261 e. The molecule has 2 N–H and O–H groups in total. The summed E-state index contributed by atoms with van der Waals surface area (Å²) in [6.07, 6.45) is -1.13. The van der Waals surface area contributed by atoms with E-state index in [9.17, 15) is 19.5 Å². The summed E-state index contributed by atoms with van der Waals surface area (Å²) in [6, 6.07) is 24.1. The molecule has 1 atom stereocenters. The molecule has 0 spiro atoms. The second-order valence-corrected chi connectivity index (χ2v) is 9.35. The number of amides is 3. The third-order valence-corrected chi connectivity index (χ3v) is 7.66. The summed E-state index contributed by atoms with van der Waals surface area (Å²) < 4.78 is 0. The van der Waals surface area contributed by atoms with Gasteiger partial charge >= 0.3 is 0 Å². The highest BCUT2D eigenvalue weighted by Gasteiger charge is 2.35. The second kappa shape index (κ2) is 6.44. The zero-order chi connectivity index (χ0) is 24.3. The Labute approximate surface area is 203 Å². The van der Waals surface area contributed by atoms with Crippen LogP contribution in [0.5, 0.6) is 0 Å². The molecular formula is C30H16N2O4. The third kappa shape index (κ3) is 2.18. The number of rotatable bonds is 1. The van der Waals surface area contributed by atoms with Crippen LogP contribution in [0.25, 0.3) is 43.1 Å². The molecule has 0 bridgehead atoms. The van der Waals surface area contributed by atoms with Crippen LogP contribution in [0, 0.1) is 0 Å². The molecule has 6 aromatic rings. The number of hydrogen-bond donors (Lipinski definition) is 2. The lowest BCUT2D eigenvalue weighted by Gasteiger charge is -2.34. The highest BCUT2D eigenvalue weighted by atomic mass is 16.3. The Balaban J connectivity index is 1.52. The first-order valence-electron chi connectivity index (χ1n) is 11.7. The quantitative estimate of drug-likeness (QED) is 0.196. The molecule has 6 aromatic carbocycles. The summed E-state index contributed by atoms with van der Waals surface area (Å²) in [7, 11) is 0. The van der Waals surface area contributed by atoms with Crippen molar-refractivity contribution >= 4 is 66.5 Å². The average Bonchev–Trinajstić information content (AvgIpc) is 2.90. The Morgan fingerprint density at radius 1 is 0.583 bits per heavy atom. The molecule has 8 rings (SSSR count). The molecule has 36 heavy (non-hydrogen) atoms. The van der Waals surface area contributed by atoms with Crippen molar-refractivity contribution in [1.82, 2.24) is 5.32 Å². The van der Waals surface area contributed by atoms with Gasteiger partial charge in [0.05, 0.1) is 0 Å². The minimum Gasteiger partial charge on any atom is -0.369 e. The van der Waals surface area contributed by atoms with Crippen LogP contribution < -0.4 is 10.2 Å². The molecule has 3 amide bonds. The Morgan fingerprint density at radius 3 is 1.72 bits per heavy atom. The van der Waals surface area contributed by atoms with Crippen molar-refractivity contribution in [3.63, 3.8) is 0 Å². The van der Waals surface area contributed by atoms with Crippen molar-refractivity contribution in [2.24, 2.45) is 0 Å². The first kappa shape index (κ1) is 19.5. The number of hydrogen-bond acceptors (Lipinski definition) is 4. The van der Waals surface area contributed by atoms with E-state index in [0.29, 0.717) is 33.3 Å². The van der Waals surface area contributed by atoms with Crippen molar-refractivity contribution in [2.45, 2.75) is 6.23 Å². The van der Waals surface area contributed by atoms with E-state index in [1.54, 1.807) is 12.1 Å². The summed E-state index contributed by atoms with van der Waals surface area (Å²) in [5, 5.41) is 20.6. The molecule has 0 saturated carbocycles. The van der Waals surface area contributed by atoms with Crippen molar-refractivity contribution < 1.29 is 19.5 Å². The summed E-state index contributed by atoms with van der Waals surface area (Å²) in [5.74, 6) is -1.06. The molecular weight excluding hydrogens is 452 g/mol. The Kier molecular flexibility index (Phi) is 3.49. The number of carbonyl (C=O) groups excluding carboxylic acids is 3. The maximum absolute atomic E-state index is 13.7. The molecule has 1 unspecified atom stereocenters. The predicted molar refractivity (Wildman–Crippen MR) is 138 cm³/mol. The lowest BCUT2D eigenvalue weighted by Crippen LogP contribution is -2.38. The molecule has 170 valence electrons. The standard InChI is InChI=1S/C30H16N2O4/c33-27-19-10-6-15-17-8-12-21-26-22(30(36)32(29(21)35)14-4-2-1-3-5-14)13-9-18(24(17)26)16-7-11-20(28(34)31-27)25(19)23(15)16/h1-13,29,35H,(H,31,33,34). The van der Waals surface area contributed by atoms with E-state index in [1.807, 2.05) is 66.7 Å². The lowest BCUT2D eigenvalue weighted by atomic mass is 9.82. The highest BCUT2D eigenvalue weighted by molar-refractivity contribution is 6.39. The zero-order valence-corrected chi connectivity index (χ0v) is 18.7. The fraction of sp³-hybridized carbons (Fsp3) is 0.0333. The number of aliphatic hydroxyl groups is 1. The fourth-order valence-corrected chi connectivity index (χ4v) is 6.15. The molecule has 0 aromatic heterocycles. The molecule has 0 aliphatic carbocycles. The van der Waals surface area contributed by atoms with Gasteiger partial charge in [0.15, 0.2) is 6.23 Å². The van der Waals surface area contributed by atoms with Crippen molar-refractivity contribution in [1.29, 1.82) is 0 Å². The van der Waals surface area contributed by atoms with Gasteiger partial charge in [0.25, 0.3) is 17.7 Å². The zero-order valence-electron chi connectivity index (χ0n) is 18.7. The fourth-order valence-electron chi connectivity index (χ4n) is 6.15. The molecule has 0 saturated heterocycles. The molecule has 6 nitrogen and oxygen atoms in total. The first-order chi connectivity index (χ1) is 17.5. The van der Waals surface area contributed by atoms with E-state index in [4.69, 9.17) is 0 Å². The van der Waals surface area contributed by atoms with Crippen molar-refractivity contribution in [3.8, 4) is 0 Å². The first-order valence-corrected chi connectivity index (χ1v) is 11.7. The van der Waals surface area contributed by atoms with Crippen LogP contribution in [0.4, 0.5) is 5.69 Å². The Hall–Kier alpha value is -4.81. The van der Waals surface area contributed by atoms with E-state index in [2.05, 4.69) is 5.32 Å². The minimum absolute atomic E-state index is 0.261. The van der Waals surface area contributed by atoms with E-state index in [1.165, 1.54) is 4.90 Å². The van der Waals surface area contributed by atoms with Crippen LogP contribution in [-0.2, 0) is 0 Å². The topological polar surface area (TPSA) is 86.7 Å². The molecule has 2 aliphatic heterocycles. The third-order valence-electron chi connectivity index (χ3n) is 7.66. The molecule has 0 radical (unpaired) electrons. The largest absolute Gasteiger partial charge is 0.369 e. The van der Waals surface area contributed by atoms with Crippen LogP contribution in [0.3, 0.4) is 0 Å². The van der Waals surface area contributed by atoms with Gasteiger partial charge in [-0.05, 0) is 62.6 Å². The average molecular weight is 468 g/mol. The Morgan fingerprint density at radius 2 is 1.11 bits per heavy atom. The van der Waals surface area contributed by atoms with Crippen LogP contribution in [0.15, 0.2) is 78.9 Å². The van der Waals surface area contributed by atoms with Gasteiger partial charge in [0.1, 0.15) is 0 Å². The van der Waals surface area contributed by atoms with Crippen LogP contribution in [-0.4, -0.2) is 22.8 Å². The van der Waals surface area contributed by atoms with Crippen molar-refractivity contribution in [3.05, 3.63) is 101 Å². The van der Waals surface area contributed by atoms with Gasteiger partial charge in [0, 0.05) is 38.7 Å². The summed E-state index contributed by atoms with van der Waals surface area (Å²) >= 11 is 0. The van der Waals surface area contributed by atoms with Gasteiger partial charge in [-0.1, -0.05) is 48.5 Å².